The largest absolute Gasteiger partial charge is 0.466 e. The quantitative estimate of drug-likeness (QED) is 0.512. The van der Waals surface area contributed by atoms with Crippen LogP contribution in [0.4, 0.5) is 0 Å². The van der Waals surface area contributed by atoms with E-state index >= 15 is 0 Å². The first-order valence-corrected chi connectivity index (χ1v) is 6.83. The summed E-state index contributed by atoms with van der Waals surface area (Å²) in [4.78, 5) is 46.3. The fourth-order valence-electron chi connectivity index (χ4n) is 1.91. The molecule has 0 spiro atoms. The summed E-state index contributed by atoms with van der Waals surface area (Å²) >= 11 is 0. The van der Waals surface area contributed by atoms with E-state index < -0.39 is 36.0 Å². The van der Waals surface area contributed by atoms with E-state index in [9.17, 15) is 19.2 Å². The fourth-order valence-corrected chi connectivity index (χ4v) is 1.91. The summed E-state index contributed by atoms with van der Waals surface area (Å²) in [5.74, 6) is -2.31. The van der Waals surface area contributed by atoms with Gasteiger partial charge >= 0.3 is 11.9 Å². The Morgan fingerprint density at radius 3 is 2.05 bits per heavy atom. The number of rotatable bonds is 5. The Hall–Kier alpha value is -2.38. The van der Waals surface area contributed by atoms with E-state index in [-0.39, 0.29) is 11.8 Å². The lowest BCUT2D eigenvalue weighted by Gasteiger charge is -2.33. The van der Waals surface area contributed by atoms with Gasteiger partial charge in [0.1, 0.15) is 18.2 Å². The van der Waals surface area contributed by atoms with E-state index in [1.54, 1.807) is 0 Å². The van der Waals surface area contributed by atoms with Gasteiger partial charge in [-0.1, -0.05) is 13.8 Å². The summed E-state index contributed by atoms with van der Waals surface area (Å²) in [7, 11) is 1.17. The molecule has 8 heteroatoms. The average Bonchev–Trinajstić information content (AvgIpc) is 2.46. The Morgan fingerprint density at radius 2 is 1.50 bits per heavy atom. The number of carbonyl (C=O) groups is 4. The van der Waals surface area contributed by atoms with Crippen LogP contribution in [0, 0.1) is 5.92 Å². The lowest BCUT2D eigenvalue weighted by molar-refractivity contribution is -0.150. The van der Waals surface area contributed by atoms with Gasteiger partial charge in [-0.2, -0.15) is 0 Å². The molecule has 0 bridgehead atoms. The van der Waals surface area contributed by atoms with Crippen molar-refractivity contribution in [3.8, 4) is 0 Å². The molecule has 0 radical (unpaired) electrons. The van der Waals surface area contributed by atoms with Crippen LogP contribution in [0.3, 0.4) is 0 Å². The van der Waals surface area contributed by atoms with E-state index in [2.05, 4.69) is 15.4 Å². The predicted octanol–water partition coefficient (Wildman–Crippen LogP) is -0.713. The first-order chi connectivity index (χ1) is 10.3. The van der Waals surface area contributed by atoms with Crippen molar-refractivity contribution in [3.63, 3.8) is 0 Å². The Balaban J connectivity index is 2.63. The lowest BCUT2D eigenvalue weighted by atomic mass is 9.98. The van der Waals surface area contributed by atoms with Crippen molar-refractivity contribution in [2.24, 2.45) is 5.92 Å². The minimum absolute atomic E-state index is 0.0502. The zero-order valence-corrected chi connectivity index (χ0v) is 12.9. The second-order valence-corrected chi connectivity index (χ2v) is 5.22. The summed E-state index contributed by atoms with van der Waals surface area (Å²) in [5.41, 5.74) is 0. The molecule has 1 heterocycles. The lowest BCUT2D eigenvalue weighted by Crippen LogP contribution is -2.66. The van der Waals surface area contributed by atoms with Crippen molar-refractivity contribution < 1.29 is 28.7 Å². The van der Waals surface area contributed by atoms with Gasteiger partial charge in [0.2, 0.25) is 11.8 Å². The molecule has 1 aliphatic heterocycles. The first-order valence-electron chi connectivity index (χ1n) is 6.83. The molecule has 1 rings (SSSR count). The Bertz CT molecular complexity index is 500. The third kappa shape index (κ3) is 4.57. The van der Waals surface area contributed by atoms with Crippen molar-refractivity contribution in [1.82, 2.24) is 10.6 Å². The topological polar surface area (TPSA) is 111 Å². The normalized spacial score (nSPS) is 23.0. The summed E-state index contributed by atoms with van der Waals surface area (Å²) in [6, 6.07) is -1.58. The van der Waals surface area contributed by atoms with Gasteiger partial charge in [0.25, 0.3) is 0 Å². The summed E-state index contributed by atoms with van der Waals surface area (Å²) < 4.78 is 9.32. The van der Waals surface area contributed by atoms with Crippen LogP contribution in [-0.4, -0.2) is 49.1 Å². The van der Waals surface area contributed by atoms with Crippen molar-refractivity contribution in [1.29, 1.82) is 0 Å². The van der Waals surface area contributed by atoms with Gasteiger partial charge in [-0.15, -0.1) is 0 Å². The van der Waals surface area contributed by atoms with Crippen LogP contribution in [0.5, 0.6) is 0 Å². The van der Waals surface area contributed by atoms with Crippen molar-refractivity contribution in [2.45, 2.75) is 39.0 Å². The second-order valence-electron chi connectivity index (χ2n) is 5.22. The molecule has 8 nitrogen and oxygen atoms in total. The third-order valence-electron chi connectivity index (χ3n) is 3.16. The zero-order valence-electron chi connectivity index (χ0n) is 12.9. The number of amides is 2. The average molecular weight is 312 g/mol. The zero-order chi connectivity index (χ0) is 16.9. The van der Waals surface area contributed by atoms with Crippen LogP contribution in [0.25, 0.3) is 0 Å². The number of carbonyl (C=O) groups excluding carboxylic acids is 4. The van der Waals surface area contributed by atoms with Gasteiger partial charge in [0.05, 0.1) is 7.11 Å². The number of hydrogen-bond acceptors (Lipinski definition) is 6. The molecule has 1 fully saturated rings. The number of methoxy groups -OCH3 is 1. The van der Waals surface area contributed by atoms with Gasteiger partial charge in [-0.3, -0.25) is 9.59 Å². The molecule has 0 saturated carbocycles. The smallest absolute Gasteiger partial charge is 0.331 e. The Labute approximate surface area is 128 Å². The SMILES string of the molecule is COC(=O)/C=C/C(=O)O[C@H](C)[C@@H]1NC(=O)[C@H](C(C)C)NC1=O. The van der Waals surface area contributed by atoms with E-state index in [0.29, 0.717) is 0 Å². The highest BCUT2D eigenvalue weighted by Crippen LogP contribution is 2.11. The maximum absolute atomic E-state index is 12.0. The summed E-state index contributed by atoms with van der Waals surface area (Å²) in [5, 5.41) is 5.13. The molecule has 2 N–H and O–H groups in total. The van der Waals surface area contributed by atoms with Crippen molar-refractivity contribution in [2.75, 3.05) is 7.11 Å². The summed E-state index contributed by atoms with van der Waals surface area (Å²) in [6.45, 7) is 5.10. The molecule has 0 aromatic rings. The van der Waals surface area contributed by atoms with Gasteiger partial charge < -0.3 is 20.1 Å². The standard InChI is InChI=1S/C14H20N2O6/c1-7(2)11-13(19)16-12(14(20)15-11)8(3)22-10(18)6-5-9(17)21-4/h5-8,11-12H,1-4H3,(H,15,20)(H,16,19)/b6-5+/t8-,11+,12+/m1/s1. The van der Waals surface area contributed by atoms with Crippen LogP contribution in [0.15, 0.2) is 12.2 Å². The number of esters is 2. The molecule has 0 unspecified atom stereocenters. The molecule has 3 atom stereocenters. The maximum Gasteiger partial charge on any atom is 0.331 e. The van der Waals surface area contributed by atoms with Crippen LogP contribution in [-0.2, 0) is 28.7 Å². The summed E-state index contributed by atoms with van der Waals surface area (Å²) in [6.07, 6.45) is 0.914. The van der Waals surface area contributed by atoms with Crippen LogP contribution < -0.4 is 10.6 Å². The highest BCUT2D eigenvalue weighted by Gasteiger charge is 2.39. The van der Waals surface area contributed by atoms with Crippen molar-refractivity contribution in [3.05, 3.63) is 12.2 Å². The minimum Gasteiger partial charge on any atom is -0.466 e. The molecule has 0 aliphatic carbocycles. The molecule has 1 saturated heterocycles. The third-order valence-corrected chi connectivity index (χ3v) is 3.16. The number of nitrogens with one attached hydrogen (secondary N) is 2. The van der Waals surface area contributed by atoms with E-state index in [0.717, 1.165) is 12.2 Å². The van der Waals surface area contributed by atoms with Crippen LogP contribution >= 0.6 is 0 Å². The molecule has 2 amide bonds. The van der Waals surface area contributed by atoms with Gasteiger partial charge in [0.15, 0.2) is 0 Å². The van der Waals surface area contributed by atoms with Gasteiger partial charge in [0, 0.05) is 12.2 Å². The minimum atomic E-state index is -0.974. The van der Waals surface area contributed by atoms with E-state index in [1.165, 1.54) is 14.0 Å². The molecular formula is C14H20N2O6. The van der Waals surface area contributed by atoms with Crippen molar-refractivity contribution >= 4 is 23.8 Å². The fraction of sp³-hybridized carbons (Fsp3) is 0.571. The first kappa shape index (κ1) is 17.7. The predicted molar refractivity (Wildman–Crippen MR) is 75.4 cm³/mol. The Morgan fingerprint density at radius 1 is 1.00 bits per heavy atom. The monoisotopic (exact) mass is 312 g/mol. The Kier molecular flexibility index (Phi) is 6.09. The molecule has 1 aliphatic rings. The molecule has 0 aromatic carbocycles. The second kappa shape index (κ2) is 7.58. The van der Waals surface area contributed by atoms with Crippen LogP contribution in [0.2, 0.25) is 0 Å². The molecule has 122 valence electrons. The van der Waals surface area contributed by atoms with E-state index in [4.69, 9.17) is 4.74 Å². The number of piperazine rings is 1. The highest BCUT2D eigenvalue weighted by atomic mass is 16.5. The van der Waals surface area contributed by atoms with Crippen LogP contribution in [0.1, 0.15) is 20.8 Å². The van der Waals surface area contributed by atoms with Gasteiger partial charge in [-0.05, 0) is 12.8 Å². The molecule has 22 heavy (non-hydrogen) atoms. The number of hydrogen-bond donors (Lipinski definition) is 2. The highest BCUT2D eigenvalue weighted by molar-refractivity contribution is 5.98. The number of ether oxygens (including phenoxy) is 2. The maximum atomic E-state index is 12.0. The van der Waals surface area contributed by atoms with Gasteiger partial charge in [-0.25, -0.2) is 9.59 Å². The molecule has 0 aromatic heterocycles. The van der Waals surface area contributed by atoms with E-state index in [1.807, 2.05) is 13.8 Å². The molecular weight excluding hydrogens is 292 g/mol.